The van der Waals surface area contributed by atoms with Crippen LogP contribution in [0.15, 0.2) is 48.8 Å². The third-order valence-electron chi connectivity index (χ3n) is 6.33. The Balaban J connectivity index is 0.000000176. The van der Waals surface area contributed by atoms with Crippen LogP contribution in [-0.2, 0) is 17.1 Å². The molecule has 0 N–H and O–H groups in total. The van der Waals surface area contributed by atoms with Gasteiger partial charge in [-0.25, -0.2) is 0 Å². The van der Waals surface area contributed by atoms with Crippen molar-refractivity contribution in [3.05, 3.63) is 154 Å². The van der Waals surface area contributed by atoms with Crippen LogP contribution in [0.4, 0.5) is 11.4 Å². The van der Waals surface area contributed by atoms with E-state index in [1.807, 2.05) is 77.3 Å². The topological polar surface area (TPSA) is 112 Å². The zero-order chi connectivity index (χ0) is 26.8. The van der Waals surface area contributed by atoms with Crippen LogP contribution in [0, 0.1) is 97.3 Å². The maximum atomic E-state index is 10.9. The zero-order valence-corrected chi connectivity index (χ0v) is 22.1. The number of hydrogen-bond donors (Lipinski definition) is 0. The molecule has 39 heavy (non-hydrogen) atoms. The first-order valence-electron chi connectivity index (χ1n) is 11.8. The number of nitrogens with zero attached hydrogens (tertiary/aromatic N) is 4. The Hall–Kier alpha value is -3.42. The van der Waals surface area contributed by atoms with Gasteiger partial charge in [-0.15, -0.1) is 0 Å². The van der Waals surface area contributed by atoms with E-state index >= 15 is 0 Å². The van der Waals surface area contributed by atoms with Gasteiger partial charge < -0.3 is 0 Å². The normalized spacial score (nSPS) is 15.6. The fraction of sp³-hybridized carbons (Fsp3) is 0.0667. The van der Waals surface area contributed by atoms with Crippen LogP contribution in [0.25, 0.3) is 21.8 Å². The second-order valence-electron chi connectivity index (χ2n) is 8.98. The molecule has 6 rings (SSSR count). The van der Waals surface area contributed by atoms with E-state index in [1.165, 1.54) is 0 Å². The predicted octanol–water partition coefficient (Wildman–Crippen LogP) is 6.41. The molecule has 8 nitrogen and oxygen atoms in total. The molecule has 2 heterocycles. The Bertz CT molecular complexity index is 1410. The summed E-state index contributed by atoms with van der Waals surface area (Å²) in [5, 5.41) is 23.4. The average Bonchev–Trinajstić information content (AvgIpc) is 3.63. The van der Waals surface area contributed by atoms with Crippen molar-refractivity contribution in [2.45, 2.75) is 13.8 Å². The number of fused-ring (bicyclic) bond motifs is 2. The monoisotopic (exact) mass is 558 g/mol. The number of pyridine rings is 2. The van der Waals surface area contributed by atoms with E-state index in [0.29, 0.717) is 0 Å². The molecule has 0 atom stereocenters. The molecule has 2 fully saturated rings. The van der Waals surface area contributed by atoms with Crippen molar-refractivity contribution < 1.29 is 26.9 Å². The number of aryl methyl sites for hydroxylation is 2. The molecular weight excluding hydrogens is 536 g/mol. The van der Waals surface area contributed by atoms with Gasteiger partial charge in [0.05, 0.1) is 20.9 Å². The van der Waals surface area contributed by atoms with Gasteiger partial charge in [0.25, 0.3) is 11.4 Å². The van der Waals surface area contributed by atoms with Gasteiger partial charge in [0.1, 0.15) is 0 Å². The summed E-state index contributed by atoms with van der Waals surface area (Å²) in [6.45, 7) is 3.68. The molecule has 192 valence electrons. The third kappa shape index (κ3) is 6.26. The van der Waals surface area contributed by atoms with Crippen LogP contribution in [0.2, 0.25) is 0 Å². The van der Waals surface area contributed by atoms with Crippen LogP contribution >= 0.6 is 0 Å². The number of rotatable bonds is 4. The number of aromatic nitrogens is 2. The van der Waals surface area contributed by atoms with Gasteiger partial charge in [-0.05, 0) is 99.6 Å². The van der Waals surface area contributed by atoms with Gasteiger partial charge in [0, 0.05) is 59.3 Å². The summed E-state index contributed by atoms with van der Waals surface area (Å²) in [5.74, 6) is 2.14. The van der Waals surface area contributed by atoms with Crippen LogP contribution in [-0.4, -0.2) is 19.8 Å². The number of nitro benzene ring substituents is 2. The minimum absolute atomic E-state index is 0. The molecule has 0 amide bonds. The summed E-state index contributed by atoms with van der Waals surface area (Å²) in [4.78, 5) is 29.9. The molecule has 2 aromatic heterocycles. The minimum atomic E-state index is -0.373. The van der Waals surface area contributed by atoms with E-state index in [4.69, 9.17) is 0 Å². The molecule has 2 aliphatic carbocycles. The maximum absolute atomic E-state index is 10.9. The van der Waals surface area contributed by atoms with Crippen LogP contribution in [0.3, 0.4) is 0 Å². The molecule has 0 saturated heterocycles. The third-order valence-corrected chi connectivity index (χ3v) is 6.33. The molecule has 0 bridgehead atoms. The van der Waals surface area contributed by atoms with E-state index in [9.17, 15) is 20.2 Å². The smallest absolute Gasteiger partial charge is 0.258 e. The Morgan fingerprint density at radius 3 is 1.28 bits per heavy atom. The van der Waals surface area contributed by atoms with Gasteiger partial charge in [-0.2, -0.15) is 0 Å². The first-order valence-corrected chi connectivity index (χ1v) is 11.8. The van der Waals surface area contributed by atoms with Gasteiger partial charge in [0.2, 0.25) is 0 Å². The van der Waals surface area contributed by atoms with Gasteiger partial charge in [0.15, 0.2) is 0 Å². The molecule has 2 aliphatic rings. The molecule has 10 radical (unpaired) electrons. The maximum Gasteiger partial charge on any atom is 2.00 e. The second-order valence-corrected chi connectivity index (χ2v) is 8.98. The molecule has 9 heteroatoms. The Morgan fingerprint density at radius 2 is 0.949 bits per heavy atom. The van der Waals surface area contributed by atoms with Gasteiger partial charge in [-0.3, -0.25) is 30.2 Å². The number of nitro groups is 2. The molecular formula is C30H22FeN4O4+2. The van der Waals surface area contributed by atoms with E-state index in [-0.39, 0.29) is 38.3 Å². The van der Waals surface area contributed by atoms with Crippen LogP contribution in [0.5, 0.6) is 0 Å². The first-order chi connectivity index (χ1) is 18.3. The van der Waals surface area contributed by atoms with E-state index in [1.54, 1.807) is 36.7 Å². The van der Waals surface area contributed by atoms with E-state index < -0.39 is 0 Å². The van der Waals surface area contributed by atoms with E-state index in [0.717, 1.165) is 55.9 Å². The number of hydrogen-bond acceptors (Lipinski definition) is 6. The van der Waals surface area contributed by atoms with Crippen molar-refractivity contribution in [2.24, 2.45) is 0 Å². The van der Waals surface area contributed by atoms with Crippen molar-refractivity contribution in [2.75, 3.05) is 0 Å². The fourth-order valence-corrected chi connectivity index (χ4v) is 4.48. The van der Waals surface area contributed by atoms with Gasteiger partial charge in [-0.1, -0.05) is 0 Å². The average molecular weight is 558 g/mol. The van der Waals surface area contributed by atoms with Gasteiger partial charge >= 0.3 is 17.1 Å². The summed E-state index contributed by atoms with van der Waals surface area (Å²) < 4.78 is 0. The number of benzene rings is 2. The molecule has 4 aromatic rings. The first kappa shape index (κ1) is 28.6. The second kappa shape index (κ2) is 12.2. The molecule has 2 saturated carbocycles. The Kier molecular flexibility index (Phi) is 8.93. The van der Waals surface area contributed by atoms with E-state index in [2.05, 4.69) is 9.97 Å². The quantitative estimate of drug-likeness (QED) is 0.163. The van der Waals surface area contributed by atoms with Crippen molar-refractivity contribution in [1.82, 2.24) is 9.97 Å². The number of non-ortho nitro benzene ring substituents is 2. The minimum Gasteiger partial charge on any atom is -0.258 e. The molecule has 0 aliphatic heterocycles. The summed E-state index contributed by atoms with van der Waals surface area (Å²) >= 11 is 0. The summed E-state index contributed by atoms with van der Waals surface area (Å²) in [7, 11) is 0. The van der Waals surface area contributed by atoms with Crippen LogP contribution in [0.1, 0.15) is 22.3 Å². The predicted molar refractivity (Wildman–Crippen MR) is 145 cm³/mol. The molecule has 2 aromatic carbocycles. The van der Waals surface area contributed by atoms with Crippen molar-refractivity contribution in [3.8, 4) is 0 Å². The Labute approximate surface area is 238 Å². The zero-order valence-electron chi connectivity index (χ0n) is 21.0. The summed E-state index contributed by atoms with van der Waals surface area (Å²) in [6, 6.07) is 10.1. The molecule has 0 spiro atoms. The fourth-order valence-electron chi connectivity index (χ4n) is 4.48. The van der Waals surface area contributed by atoms with Crippen LogP contribution < -0.4 is 0 Å². The van der Waals surface area contributed by atoms with Crippen molar-refractivity contribution in [3.63, 3.8) is 0 Å². The standard InChI is InChI=1S/2C15H11N2O2.Fe/c2*1-10-6-14(17(18)19)8-12-7-13(9-16-15(10)12)11-4-2-3-5-11;/h2*2-9H,1H3;/q;;+2. The largest absolute Gasteiger partial charge is 2.00 e. The summed E-state index contributed by atoms with van der Waals surface area (Å²) in [5.41, 5.74) is 5.39. The van der Waals surface area contributed by atoms with Crippen molar-refractivity contribution >= 4 is 33.2 Å². The Morgan fingerprint density at radius 1 is 0.590 bits per heavy atom. The van der Waals surface area contributed by atoms with Crippen molar-refractivity contribution in [1.29, 1.82) is 0 Å². The summed E-state index contributed by atoms with van der Waals surface area (Å²) in [6.07, 6.45) is 19.4. The molecule has 0 unspecified atom stereocenters. The SMILES string of the molecule is Cc1cc([N+](=O)[O-])cc2cc([C]3[CH][CH][CH][CH]3)cnc12.Cc1cc([N+](=O)[O-])cc2cc([C]3[CH][CH][CH][CH]3)cnc12.[Fe+2].